The molecule has 38 heavy (non-hydrogen) atoms. The Balaban J connectivity index is 1.20. The number of nitrogens with one attached hydrogen (secondary N) is 1. The molecule has 0 saturated carbocycles. The normalized spacial score (nSPS) is 18.8. The van der Waals surface area contributed by atoms with Crippen LogP contribution in [0, 0.1) is 0 Å². The Morgan fingerprint density at radius 1 is 1.08 bits per heavy atom. The number of likely N-dealkylation sites (tertiary alicyclic amines) is 1. The zero-order valence-electron chi connectivity index (χ0n) is 21.9. The van der Waals surface area contributed by atoms with Crippen LogP contribution in [0.4, 0.5) is 5.82 Å². The fraction of sp³-hybridized carbons (Fsp3) is 0.464. The van der Waals surface area contributed by atoms with Crippen molar-refractivity contribution in [3.05, 3.63) is 52.8 Å². The van der Waals surface area contributed by atoms with Gasteiger partial charge in [-0.05, 0) is 68.0 Å². The van der Waals surface area contributed by atoms with Crippen molar-refractivity contribution in [2.45, 2.75) is 51.6 Å². The summed E-state index contributed by atoms with van der Waals surface area (Å²) in [7, 11) is 1.58. The second-order valence-corrected chi connectivity index (χ2v) is 10.4. The summed E-state index contributed by atoms with van der Waals surface area (Å²) in [4.78, 5) is 34.9. The molecular formula is C28H33N7O3. The van der Waals surface area contributed by atoms with Crippen molar-refractivity contribution in [3.63, 3.8) is 0 Å². The second-order valence-electron chi connectivity index (χ2n) is 10.4. The molecule has 0 bridgehead atoms. The number of fused-ring (bicyclic) bond motifs is 2. The van der Waals surface area contributed by atoms with Crippen LogP contribution >= 0.6 is 0 Å². The van der Waals surface area contributed by atoms with E-state index in [9.17, 15) is 9.59 Å². The van der Waals surface area contributed by atoms with Gasteiger partial charge in [-0.15, -0.1) is 10.2 Å². The summed E-state index contributed by atoms with van der Waals surface area (Å²) in [6.45, 7) is 5.72. The number of rotatable bonds is 6. The van der Waals surface area contributed by atoms with Crippen LogP contribution in [-0.2, 0) is 24.2 Å². The maximum atomic E-state index is 13.4. The van der Waals surface area contributed by atoms with Crippen molar-refractivity contribution in [1.29, 1.82) is 0 Å². The van der Waals surface area contributed by atoms with Gasteiger partial charge in [0.05, 0.1) is 19.2 Å². The van der Waals surface area contributed by atoms with E-state index in [-0.39, 0.29) is 11.8 Å². The highest BCUT2D eigenvalue weighted by molar-refractivity contribution is 6.06. The molecule has 1 fully saturated rings. The maximum Gasteiger partial charge on any atom is 0.260 e. The number of aryl methyl sites for hydroxylation is 1. The molecule has 0 aliphatic carbocycles. The van der Waals surface area contributed by atoms with Crippen LogP contribution < -0.4 is 10.1 Å². The molecule has 10 nitrogen and oxygen atoms in total. The van der Waals surface area contributed by atoms with Crippen LogP contribution in [0.2, 0.25) is 0 Å². The molecule has 6 rings (SSSR count). The lowest BCUT2D eigenvalue weighted by Gasteiger charge is -2.30. The van der Waals surface area contributed by atoms with Crippen molar-refractivity contribution in [2.75, 3.05) is 38.6 Å². The fourth-order valence-corrected chi connectivity index (χ4v) is 5.80. The molecule has 10 heteroatoms. The van der Waals surface area contributed by atoms with E-state index in [1.807, 2.05) is 29.2 Å². The molecule has 198 valence electrons. The summed E-state index contributed by atoms with van der Waals surface area (Å²) >= 11 is 0. The SMILES string of the molecule is COc1cc2c(cc1C(=O)Nc1cccc(-c3nnc4n3[C@@H](C)CC4)n1)CN(CC(=O)N1CCCC1)CC2. The van der Waals surface area contributed by atoms with E-state index in [0.29, 0.717) is 42.0 Å². The average molecular weight is 516 g/mol. The largest absolute Gasteiger partial charge is 0.496 e. The minimum absolute atomic E-state index is 0.191. The second kappa shape index (κ2) is 10.2. The number of ether oxygens (including phenoxy) is 1. The predicted molar refractivity (Wildman–Crippen MR) is 142 cm³/mol. The van der Waals surface area contributed by atoms with E-state index in [0.717, 1.165) is 74.5 Å². The molecule has 2 amide bonds. The summed E-state index contributed by atoms with van der Waals surface area (Å²) in [5.41, 5.74) is 3.32. The lowest BCUT2D eigenvalue weighted by atomic mass is 9.96. The minimum Gasteiger partial charge on any atom is -0.496 e. The molecule has 3 aliphatic heterocycles. The van der Waals surface area contributed by atoms with Gasteiger partial charge in [0.15, 0.2) is 5.82 Å². The fourth-order valence-electron chi connectivity index (χ4n) is 5.80. The third kappa shape index (κ3) is 4.64. The van der Waals surface area contributed by atoms with Gasteiger partial charge in [0, 0.05) is 38.6 Å². The molecule has 1 aromatic carbocycles. The number of aromatic nitrogens is 4. The number of carbonyl (C=O) groups is 2. The van der Waals surface area contributed by atoms with Crippen molar-refractivity contribution >= 4 is 17.6 Å². The Kier molecular flexibility index (Phi) is 6.57. The Hall–Kier alpha value is -3.79. The Bertz CT molecular complexity index is 1380. The van der Waals surface area contributed by atoms with Crippen LogP contribution in [0.1, 0.15) is 59.5 Å². The minimum atomic E-state index is -0.292. The van der Waals surface area contributed by atoms with Crippen LogP contribution in [-0.4, -0.2) is 74.7 Å². The van der Waals surface area contributed by atoms with Gasteiger partial charge in [-0.2, -0.15) is 0 Å². The average Bonchev–Trinajstić information content (AvgIpc) is 3.68. The van der Waals surface area contributed by atoms with Gasteiger partial charge in [-0.3, -0.25) is 14.5 Å². The lowest BCUT2D eigenvalue weighted by molar-refractivity contribution is -0.131. The zero-order chi connectivity index (χ0) is 26.2. The number of anilines is 1. The summed E-state index contributed by atoms with van der Waals surface area (Å²) in [6, 6.07) is 9.68. The van der Waals surface area contributed by atoms with E-state index in [1.54, 1.807) is 13.2 Å². The van der Waals surface area contributed by atoms with Crippen molar-refractivity contribution in [3.8, 4) is 17.3 Å². The molecule has 0 unspecified atom stereocenters. The first-order valence-electron chi connectivity index (χ1n) is 13.4. The van der Waals surface area contributed by atoms with Gasteiger partial charge < -0.3 is 19.5 Å². The number of methoxy groups -OCH3 is 1. The lowest BCUT2D eigenvalue weighted by Crippen LogP contribution is -2.41. The van der Waals surface area contributed by atoms with Gasteiger partial charge in [-0.1, -0.05) is 6.07 Å². The van der Waals surface area contributed by atoms with E-state index >= 15 is 0 Å². The number of amides is 2. The van der Waals surface area contributed by atoms with Crippen molar-refractivity contribution in [1.82, 2.24) is 29.5 Å². The summed E-state index contributed by atoms with van der Waals surface area (Å²) in [5, 5.41) is 11.6. The molecule has 0 radical (unpaired) electrons. The van der Waals surface area contributed by atoms with E-state index in [2.05, 4.69) is 36.9 Å². The highest BCUT2D eigenvalue weighted by Crippen LogP contribution is 2.31. The first kappa shape index (κ1) is 24.5. The number of nitrogens with zero attached hydrogens (tertiary/aromatic N) is 6. The predicted octanol–water partition coefficient (Wildman–Crippen LogP) is 3.09. The Morgan fingerprint density at radius 3 is 2.74 bits per heavy atom. The quantitative estimate of drug-likeness (QED) is 0.538. The molecule has 3 aliphatic rings. The third-order valence-corrected chi connectivity index (χ3v) is 7.89. The van der Waals surface area contributed by atoms with Crippen molar-refractivity contribution in [2.24, 2.45) is 0 Å². The van der Waals surface area contributed by atoms with Crippen LogP contribution in [0.15, 0.2) is 30.3 Å². The molecule has 2 aromatic heterocycles. The van der Waals surface area contributed by atoms with Crippen LogP contribution in [0.3, 0.4) is 0 Å². The first-order valence-corrected chi connectivity index (χ1v) is 13.4. The molecule has 1 N–H and O–H groups in total. The first-order chi connectivity index (χ1) is 18.5. The maximum absolute atomic E-state index is 13.4. The number of carbonyl (C=O) groups excluding carboxylic acids is 2. The topological polar surface area (TPSA) is 105 Å². The van der Waals surface area contributed by atoms with E-state index in [1.165, 1.54) is 0 Å². The summed E-state index contributed by atoms with van der Waals surface area (Å²) in [5.74, 6) is 2.56. The van der Waals surface area contributed by atoms with Gasteiger partial charge >= 0.3 is 0 Å². The molecular weight excluding hydrogens is 482 g/mol. The highest BCUT2D eigenvalue weighted by Gasteiger charge is 2.27. The van der Waals surface area contributed by atoms with Crippen LogP contribution in [0.5, 0.6) is 5.75 Å². The molecule has 5 heterocycles. The Morgan fingerprint density at radius 2 is 1.92 bits per heavy atom. The van der Waals surface area contributed by atoms with Crippen molar-refractivity contribution < 1.29 is 14.3 Å². The van der Waals surface area contributed by atoms with E-state index in [4.69, 9.17) is 4.74 Å². The third-order valence-electron chi connectivity index (χ3n) is 7.89. The van der Waals surface area contributed by atoms with Gasteiger partial charge in [0.2, 0.25) is 5.91 Å². The van der Waals surface area contributed by atoms with Gasteiger partial charge in [-0.25, -0.2) is 4.98 Å². The molecule has 1 atom stereocenters. The molecule has 0 spiro atoms. The van der Waals surface area contributed by atoms with E-state index < -0.39 is 0 Å². The van der Waals surface area contributed by atoms with Gasteiger partial charge in [0.25, 0.3) is 5.91 Å². The highest BCUT2D eigenvalue weighted by atomic mass is 16.5. The number of benzene rings is 1. The smallest absolute Gasteiger partial charge is 0.260 e. The number of pyridine rings is 1. The summed E-state index contributed by atoms with van der Waals surface area (Å²) in [6.07, 6.45) is 4.93. The standard InChI is InChI=1S/C28H33N7O3/c1-18-8-9-25-31-32-27(35(18)25)22-6-5-7-24(29-22)30-28(37)21-14-20-16-33(13-10-19(20)15-23(21)38-2)17-26(36)34-11-3-4-12-34/h5-7,14-15,18H,3-4,8-13,16-17H2,1-2H3,(H,29,30,37)/t18-/m0/s1. The Labute approximate surface area is 222 Å². The number of hydrogen-bond donors (Lipinski definition) is 1. The van der Waals surface area contributed by atoms with Crippen LogP contribution in [0.25, 0.3) is 11.5 Å². The van der Waals surface area contributed by atoms with Gasteiger partial charge in [0.1, 0.15) is 23.1 Å². The molecule has 3 aromatic rings. The molecule has 1 saturated heterocycles. The zero-order valence-corrected chi connectivity index (χ0v) is 21.9. The summed E-state index contributed by atoms with van der Waals surface area (Å²) < 4.78 is 7.72. The number of hydrogen-bond acceptors (Lipinski definition) is 7. The monoisotopic (exact) mass is 515 g/mol.